The van der Waals surface area contributed by atoms with Crippen molar-refractivity contribution in [3.05, 3.63) is 81.6 Å². The Morgan fingerprint density at radius 1 is 1.23 bits per heavy atom. The standard InChI is InChI=1S/C23H27F2N3OS/c1-15-8-9-22(17-6-4-3-5-7-17)30-28(15)14-18-12-21(25)19(13-20(18)24)16(2)27-11-10-26-23(27)29/h4,6-7,10-13,15-16,22H,3,5,8-9,14H2,1-2H3,(H,26,29)/t15-,16?,22?/m0/s1. The van der Waals surface area contributed by atoms with Crippen molar-refractivity contribution in [1.29, 1.82) is 0 Å². The van der Waals surface area contributed by atoms with Gasteiger partial charge in [-0.2, -0.15) is 0 Å². The first-order valence-electron chi connectivity index (χ1n) is 10.5. The molecular weight excluding hydrogens is 404 g/mol. The molecule has 1 aliphatic heterocycles. The van der Waals surface area contributed by atoms with E-state index in [1.54, 1.807) is 25.1 Å². The largest absolute Gasteiger partial charge is 0.326 e. The van der Waals surface area contributed by atoms with E-state index in [1.807, 2.05) is 0 Å². The number of allylic oxidation sites excluding steroid dienone is 3. The second kappa shape index (κ2) is 8.94. The summed E-state index contributed by atoms with van der Waals surface area (Å²) in [6.45, 7) is 4.17. The highest BCUT2D eigenvalue weighted by molar-refractivity contribution is 7.97. The number of hydrogen-bond donors (Lipinski definition) is 1. The SMILES string of the molecule is CC(c1cc(F)c(CN2SC(C3=CCCC=C3)CC[C@@H]2C)cc1F)n1cc[nH]c1=O. The molecule has 1 aromatic carbocycles. The summed E-state index contributed by atoms with van der Waals surface area (Å²) in [4.78, 5) is 14.4. The number of aromatic nitrogens is 2. The zero-order valence-electron chi connectivity index (χ0n) is 17.3. The molecule has 0 radical (unpaired) electrons. The zero-order chi connectivity index (χ0) is 21.3. The first-order chi connectivity index (χ1) is 14.4. The van der Waals surface area contributed by atoms with Crippen LogP contribution in [0.15, 0.2) is 53.1 Å². The molecule has 1 N–H and O–H groups in total. The second-order valence-corrected chi connectivity index (χ2v) is 9.34. The van der Waals surface area contributed by atoms with Gasteiger partial charge in [-0.3, -0.25) is 4.57 Å². The van der Waals surface area contributed by atoms with Crippen LogP contribution in [0.4, 0.5) is 8.78 Å². The molecule has 1 fully saturated rings. The van der Waals surface area contributed by atoms with E-state index in [0.29, 0.717) is 23.4 Å². The molecule has 0 spiro atoms. The Labute approximate surface area is 179 Å². The summed E-state index contributed by atoms with van der Waals surface area (Å²) in [7, 11) is 0. The molecule has 4 rings (SSSR count). The number of hydrogen-bond acceptors (Lipinski definition) is 3. The topological polar surface area (TPSA) is 41.0 Å². The number of aromatic amines is 1. The van der Waals surface area contributed by atoms with Gasteiger partial charge in [0.05, 0.1) is 6.04 Å². The summed E-state index contributed by atoms with van der Waals surface area (Å²) in [6, 6.07) is 2.22. The van der Waals surface area contributed by atoms with E-state index >= 15 is 0 Å². The summed E-state index contributed by atoms with van der Waals surface area (Å²) in [5.74, 6) is -0.926. The summed E-state index contributed by atoms with van der Waals surface area (Å²) in [5, 5.41) is 0.366. The van der Waals surface area contributed by atoms with Gasteiger partial charge in [0.25, 0.3) is 0 Å². The van der Waals surface area contributed by atoms with E-state index in [2.05, 4.69) is 34.4 Å². The second-order valence-electron chi connectivity index (χ2n) is 8.09. The number of H-pyrrole nitrogens is 1. The monoisotopic (exact) mass is 431 g/mol. The predicted octanol–water partition coefficient (Wildman–Crippen LogP) is 5.34. The van der Waals surface area contributed by atoms with Crippen molar-refractivity contribution in [3.63, 3.8) is 0 Å². The summed E-state index contributed by atoms with van der Waals surface area (Å²) >= 11 is 1.74. The van der Waals surface area contributed by atoms with E-state index in [9.17, 15) is 13.6 Å². The van der Waals surface area contributed by atoms with E-state index in [4.69, 9.17) is 0 Å². The lowest BCUT2D eigenvalue weighted by Gasteiger charge is -2.37. The Hall–Kier alpha value is -2.12. The minimum atomic E-state index is -0.593. The molecule has 3 atom stereocenters. The van der Waals surface area contributed by atoms with Crippen molar-refractivity contribution >= 4 is 11.9 Å². The quantitative estimate of drug-likeness (QED) is 0.650. The first-order valence-corrected chi connectivity index (χ1v) is 11.3. The van der Waals surface area contributed by atoms with Crippen LogP contribution in [0.3, 0.4) is 0 Å². The van der Waals surface area contributed by atoms with Gasteiger partial charge in [-0.15, -0.1) is 0 Å². The summed E-state index contributed by atoms with van der Waals surface area (Å²) < 4.78 is 33.4. The molecular formula is C23H27F2N3OS. The first kappa shape index (κ1) is 21.1. The van der Waals surface area contributed by atoms with Crippen molar-refractivity contribution in [2.75, 3.05) is 0 Å². The van der Waals surface area contributed by atoms with Crippen molar-refractivity contribution in [3.8, 4) is 0 Å². The molecule has 1 aliphatic carbocycles. The number of benzene rings is 1. The van der Waals surface area contributed by atoms with Crippen LogP contribution in [0.25, 0.3) is 0 Å². The van der Waals surface area contributed by atoms with Crippen LogP contribution in [0.1, 0.15) is 56.7 Å². The van der Waals surface area contributed by atoms with Crippen LogP contribution < -0.4 is 5.69 Å². The molecule has 2 aromatic rings. The molecule has 4 nitrogen and oxygen atoms in total. The fourth-order valence-electron chi connectivity index (χ4n) is 4.15. The van der Waals surface area contributed by atoms with Crippen molar-refractivity contribution in [1.82, 2.24) is 13.9 Å². The maximum Gasteiger partial charge on any atom is 0.326 e. The summed E-state index contributed by atoms with van der Waals surface area (Å²) in [5.41, 5.74) is 1.52. The van der Waals surface area contributed by atoms with Crippen LogP contribution in [-0.2, 0) is 6.54 Å². The third kappa shape index (κ3) is 4.32. The molecule has 2 aliphatic rings. The normalized spacial score (nSPS) is 23.4. The molecule has 0 amide bonds. The van der Waals surface area contributed by atoms with Crippen LogP contribution in [-0.4, -0.2) is 25.1 Å². The molecule has 160 valence electrons. The average Bonchev–Trinajstić information content (AvgIpc) is 3.18. The van der Waals surface area contributed by atoms with E-state index in [0.717, 1.165) is 25.7 Å². The van der Waals surface area contributed by atoms with Gasteiger partial charge in [0, 0.05) is 41.4 Å². The summed E-state index contributed by atoms with van der Waals surface area (Å²) in [6.07, 6.45) is 14.0. The van der Waals surface area contributed by atoms with Gasteiger partial charge in [0.1, 0.15) is 11.6 Å². The molecule has 1 aromatic heterocycles. The van der Waals surface area contributed by atoms with Crippen LogP contribution in [0.2, 0.25) is 0 Å². The number of nitrogens with zero attached hydrogens (tertiary/aromatic N) is 2. The highest BCUT2D eigenvalue weighted by Gasteiger charge is 2.29. The molecule has 30 heavy (non-hydrogen) atoms. The third-order valence-corrected chi connectivity index (χ3v) is 7.55. The van der Waals surface area contributed by atoms with Crippen LogP contribution in [0, 0.1) is 11.6 Å². The van der Waals surface area contributed by atoms with Gasteiger partial charge in [-0.25, -0.2) is 17.9 Å². The number of nitrogens with one attached hydrogen (secondary N) is 1. The number of halogens is 2. The van der Waals surface area contributed by atoms with E-state index in [1.165, 1.54) is 28.5 Å². The van der Waals surface area contributed by atoms with E-state index < -0.39 is 17.7 Å². The minimum absolute atomic E-state index is 0.174. The Morgan fingerprint density at radius 3 is 2.77 bits per heavy atom. The minimum Gasteiger partial charge on any atom is -0.313 e. The smallest absolute Gasteiger partial charge is 0.313 e. The Bertz CT molecular complexity index is 1030. The highest BCUT2D eigenvalue weighted by Crippen LogP contribution is 2.38. The molecule has 0 saturated carbocycles. The van der Waals surface area contributed by atoms with Gasteiger partial charge in [0.2, 0.25) is 0 Å². The lowest BCUT2D eigenvalue weighted by molar-refractivity contribution is 0.320. The number of imidazole rings is 1. The molecule has 1 saturated heterocycles. The lowest BCUT2D eigenvalue weighted by Crippen LogP contribution is -2.35. The van der Waals surface area contributed by atoms with Gasteiger partial charge < -0.3 is 4.98 Å². The van der Waals surface area contributed by atoms with Gasteiger partial charge in [-0.1, -0.05) is 30.2 Å². The third-order valence-electron chi connectivity index (χ3n) is 6.03. The fraction of sp³-hybridized carbons (Fsp3) is 0.435. The highest BCUT2D eigenvalue weighted by atomic mass is 32.2. The molecule has 2 heterocycles. The fourth-order valence-corrected chi connectivity index (χ4v) is 5.54. The van der Waals surface area contributed by atoms with Crippen LogP contribution in [0.5, 0.6) is 0 Å². The van der Waals surface area contributed by atoms with Crippen LogP contribution >= 0.6 is 11.9 Å². The Morgan fingerprint density at radius 2 is 2.07 bits per heavy atom. The maximum atomic E-state index is 14.9. The van der Waals surface area contributed by atoms with Crippen molar-refractivity contribution in [2.45, 2.75) is 63.4 Å². The lowest BCUT2D eigenvalue weighted by atomic mass is 9.99. The predicted molar refractivity (Wildman–Crippen MR) is 117 cm³/mol. The average molecular weight is 432 g/mol. The Balaban J connectivity index is 1.53. The zero-order valence-corrected chi connectivity index (χ0v) is 18.1. The van der Waals surface area contributed by atoms with Gasteiger partial charge >= 0.3 is 5.69 Å². The van der Waals surface area contributed by atoms with Crippen molar-refractivity contribution in [2.24, 2.45) is 0 Å². The van der Waals surface area contributed by atoms with E-state index in [-0.39, 0.29) is 11.3 Å². The van der Waals surface area contributed by atoms with Gasteiger partial charge in [0.15, 0.2) is 0 Å². The number of rotatable bonds is 5. The molecule has 7 heteroatoms. The maximum absolute atomic E-state index is 14.9. The van der Waals surface area contributed by atoms with Crippen molar-refractivity contribution < 1.29 is 8.78 Å². The molecule has 2 unspecified atom stereocenters. The van der Waals surface area contributed by atoms with Gasteiger partial charge in [-0.05, 0) is 57.2 Å². The molecule has 0 bridgehead atoms. The Kier molecular flexibility index (Phi) is 6.29.